The summed E-state index contributed by atoms with van der Waals surface area (Å²) in [7, 11) is 3.06. The van der Waals surface area contributed by atoms with Crippen LogP contribution < -0.4 is 20.1 Å². The Morgan fingerprint density at radius 3 is 2.79 bits per heavy atom. The van der Waals surface area contributed by atoms with Gasteiger partial charge in [0.2, 0.25) is 17.8 Å². The summed E-state index contributed by atoms with van der Waals surface area (Å²) >= 11 is 1.48. The van der Waals surface area contributed by atoms with Crippen LogP contribution in [-0.2, 0) is 9.59 Å². The number of amides is 2. The molecular weight excluding hydrogens is 382 g/mol. The predicted molar refractivity (Wildman–Crippen MR) is 104 cm³/mol. The fourth-order valence-electron chi connectivity index (χ4n) is 3.04. The molecule has 1 atom stereocenters. The van der Waals surface area contributed by atoms with E-state index >= 15 is 0 Å². The van der Waals surface area contributed by atoms with Crippen molar-refractivity contribution >= 4 is 34.8 Å². The average molecular weight is 399 g/mol. The number of methoxy groups -OCH3 is 2. The van der Waals surface area contributed by atoms with Gasteiger partial charge in [-0.3, -0.25) is 19.5 Å². The first kappa shape index (κ1) is 18.0. The Hall–Kier alpha value is -3.40. The van der Waals surface area contributed by atoms with Crippen molar-refractivity contribution in [3.8, 4) is 22.2 Å². The molecule has 3 aromatic rings. The van der Waals surface area contributed by atoms with Gasteiger partial charge in [0.05, 0.1) is 25.5 Å². The smallest absolute Gasteiger partial charge is 0.248 e. The Labute approximate surface area is 164 Å². The maximum absolute atomic E-state index is 13.0. The van der Waals surface area contributed by atoms with Crippen molar-refractivity contribution in [3.63, 3.8) is 0 Å². The number of benzene rings is 1. The van der Waals surface area contributed by atoms with Crippen molar-refractivity contribution in [2.75, 3.05) is 24.9 Å². The van der Waals surface area contributed by atoms with Crippen LogP contribution in [0.15, 0.2) is 35.7 Å². The lowest BCUT2D eigenvalue weighted by molar-refractivity contribution is -0.125. The fraction of sp³-hybridized carbons (Fsp3) is 0.222. The molecule has 1 aliphatic heterocycles. The quantitative estimate of drug-likeness (QED) is 0.683. The Morgan fingerprint density at radius 1 is 1.25 bits per heavy atom. The van der Waals surface area contributed by atoms with Gasteiger partial charge in [-0.15, -0.1) is 21.5 Å². The second kappa shape index (κ2) is 7.31. The Balaban J connectivity index is 1.66. The SMILES string of the molecule is COc1ccc(NC(=O)[C@@H]2CC(=O)Nc3nnc(-c4cccs4)n32)cc1OC. The van der Waals surface area contributed by atoms with Crippen molar-refractivity contribution in [3.05, 3.63) is 35.7 Å². The third-order valence-corrected chi connectivity index (χ3v) is 5.20. The number of ether oxygens (including phenoxy) is 2. The maximum atomic E-state index is 13.0. The number of carbonyl (C=O) groups excluding carboxylic acids is 2. The maximum Gasteiger partial charge on any atom is 0.248 e. The summed E-state index contributed by atoms with van der Waals surface area (Å²) < 4.78 is 12.1. The number of hydrogen-bond acceptors (Lipinski definition) is 7. The standard InChI is InChI=1S/C18H17N5O4S/c1-26-12-6-5-10(8-13(12)27-2)19-17(25)11-9-15(24)20-18-22-21-16(23(11)18)14-4-3-7-28-14/h3-8,11H,9H2,1-2H3,(H,19,25)(H,20,22,24)/t11-/m0/s1. The molecule has 1 aromatic carbocycles. The Morgan fingerprint density at radius 2 is 2.07 bits per heavy atom. The molecule has 2 N–H and O–H groups in total. The molecule has 3 heterocycles. The minimum atomic E-state index is -0.774. The first-order valence-electron chi connectivity index (χ1n) is 8.42. The summed E-state index contributed by atoms with van der Waals surface area (Å²) in [6.07, 6.45) is -0.0114. The molecule has 0 aliphatic carbocycles. The van der Waals surface area contributed by atoms with Gasteiger partial charge in [-0.2, -0.15) is 0 Å². The normalized spacial score (nSPS) is 15.5. The zero-order valence-corrected chi connectivity index (χ0v) is 15.9. The van der Waals surface area contributed by atoms with Crippen LogP contribution in [-0.4, -0.2) is 40.8 Å². The van der Waals surface area contributed by atoms with Gasteiger partial charge in [0.25, 0.3) is 0 Å². The van der Waals surface area contributed by atoms with E-state index in [1.807, 2.05) is 17.5 Å². The van der Waals surface area contributed by atoms with Crippen LogP contribution in [0.3, 0.4) is 0 Å². The number of thiophene rings is 1. The summed E-state index contributed by atoms with van der Waals surface area (Å²) in [6.45, 7) is 0. The van der Waals surface area contributed by atoms with Gasteiger partial charge in [-0.25, -0.2) is 0 Å². The first-order chi connectivity index (χ1) is 13.6. The average Bonchev–Trinajstić information content (AvgIpc) is 3.36. The lowest BCUT2D eigenvalue weighted by atomic mass is 10.1. The number of carbonyl (C=O) groups is 2. The summed E-state index contributed by atoms with van der Waals surface area (Å²) in [6, 6.07) is 8.07. The summed E-state index contributed by atoms with van der Waals surface area (Å²) in [5, 5.41) is 15.6. The predicted octanol–water partition coefficient (Wildman–Crippen LogP) is 2.55. The van der Waals surface area contributed by atoms with Crippen molar-refractivity contribution < 1.29 is 19.1 Å². The lowest BCUT2D eigenvalue weighted by Gasteiger charge is -2.25. The second-order valence-electron chi connectivity index (χ2n) is 6.02. The van der Waals surface area contributed by atoms with Crippen molar-refractivity contribution in [2.45, 2.75) is 12.5 Å². The van der Waals surface area contributed by atoms with Crippen LogP contribution in [0, 0.1) is 0 Å². The summed E-state index contributed by atoms with van der Waals surface area (Å²) in [4.78, 5) is 25.9. The molecule has 0 bridgehead atoms. The van der Waals surface area contributed by atoms with E-state index in [1.165, 1.54) is 25.6 Å². The molecule has 144 valence electrons. The number of rotatable bonds is 5. The molecule has 0 unspecified atom stereocenters. The van der Waals surface area contributed by atoms with E-state index in [-0.39, 0.29) is 24.2 Å². The number of fused-ring (bicyclic) bond motifs is 1. The van der Waals surface area contributed by atoms with Gasteiger partial charge < -0.3 is 14.8 Å². The van der Waals surface area contributed by atoms with Crippen molar-refractivity contribution in [1.82, 2.24) is 14.8 Å². The molecule has 0 saturated carbocycles. The number of hydrogen-bond donors (Lipinski definition) is 2. The van der Waals surface area contributed by atoms with E-state index in [0.29, 0.717) is 23.0 Å². The monoisotopic (exact) mass is 399 g/mol. The highest BCUT2D eigenvalue weighted by Gasteiger charge is 2.34. The number of aromatic nitrogens is 3. The molecule has 10 heteroatoms. The Kier molecular flexibility index (Phi) is 4.70. The number of anilines is 2. The van der Waals surface area contributed by atoms with Crippen LogP contribution in [0.5, 0.6) is 11.5 Å². The minimum absolute atomic E-state index is 0.0114. The van der Waals surface area contributed by atoms with Gasteiger partial charge in [0.1, 0.15) is 6.04 Å². The zero-order valence-electron chi connectivity index (χ0n) is 15.1. The van der Waals surface area contributed by atoms with E-state index < -0.39 is 6.04 Å². The molecular formula is C18H17N5O4S. The third-order valence-electron chi connectivity index (χ3n) is 4.33. The molecule has 1 aliphatic rings. The first-order valence-corrected chi connectivity index (χ1v) is 9.30. The van der Waals surface area contributed by atoms with Crippen molar-refractivity contribution in [1.29, 1.82) is 0 Å². The van der Waals surface area contributed by atoms with Gasteiger partial charge in [0, 0.05) is 11.8 Å². The third kappa shape index (κ3) is 3.18. The second-order valence-corrected chi connectivity index (χ2v) is 6.97. The highest BCUT2D eigenvalue weighted by molar-refractivity contribution is 7.13. The van der Waals surface area contributed by atoms with E-state index in [1.54, 1.807) is 22.8 Å². The number of nitrogens with one attached hydrogen (secondary N) is 2. The highest BCUT2D eigenvalue weighted by Crippen LogP contribution is 2.34. The molecule has 28 heavy (non-hydrogen) atoms. The van der Waals surface area contributed by atoms with E-state index in [9.17, 15) is 9.59 Å². The van der Waals surface area contributed by atoms with Gasteiger partial charge >= 0.3 is 0 Å². The van der Waals surface area contributed by atoms with Crippen molar-refractivity contribution in [2.24, 2.45) is 0 Å². The van der Waals surface area contributed by atoms with Crippen LogP contribution >= 0.6 is 11.3 Å². The molecule has 0 saturated heterocycles. The zero-order chi connectivity index (χ0) is 19.7. The van der Waals surface area contributed by atoms with Gasteiger partial charge in [0.15, 0.2) is 17.3 Å². The van der Waals surface area contributed by atoms with Crippen LogP contribution in [0.25, 0.3) is 10.7 Å². The van der Waals surface area contributed by atoms with Gasteiger partial charge in [-0.1, -0.05) is 6.07 Å². The molecule has 9 nitrogen and oxygen atoms in total. The molecule has 2 aromatic heterocycles. The van der Waals surface area contributed by atoms with Gasteiger partial charge in [-0.05, 0) is 23.6 Å². The highest BCUT2D eigenvalue weighted by atomic mass is 32.1. The molecule has 4 rings (SSSR count). The largest absolute Gasteiger partial charge is 0.493 e. The molecule has 0 radical (unpaired) electrons. The lowest BCUT2D eigenvalue weighted by Crippen LogP contribution is -2.35. The molecule has 2 amide bonds. The summed E-state index contributed by atoms with van der Waals surface area (Å²) in [5.74, 6) is 1.21. The van der Waals surface area contributed by atoms with Crippen LogP contribution in [0.4, 0.5) is 11.6 Å². The topological polar surface area (TPSA) is 107 Å². The van der Waals surface area contributed by atoms with E-state index in [4.69, 9.17) is 9.47 Å². The van der Waals surface area contributed by atoms with Crippen LogP contribution in [0.1, 0.15) is 12.5 Å². The minimum Gasteiger partial charge on any atom is -0.493 e. The molecule has 0 spiro atoms. The van der Waals surface area contributed by atoms with E-state index in [2.05, 4.69) is 20.8 Å². The van der Waals surface area contributed by atoms with E-state index in [0.717, 1.165) is 4.88 Å². The van der Waals surface area contributed by atoms with Crippen LogP contribution in [0.2, 0.25) is 0 Å². The number of nitrogens with zero attached hydrogens (tertiary/aromatic N) is 3. The Bertz CT molecular complexity index is 1030. The molecule has 0 fully saturated rings. The summed E-state index contributed by atoms with van der Waals surface area (Å²) in [5.41, 5.74) is 0.529. The fourth-order valence-corrected chi connectivity index (χ4v) is 3.74.